The molecule has 2 aliphatic heterocycles. The van der Waals surface area contributed by atoms with Crippen LogP contribution in [0.5, 0.6) is 0 Å². The molecule has 0 amide bonds. The molecule has 1 N–H and O–H groups in total. The zero-order chi connectivity index (χ0) is 19.9. The van der Waals surface area contributed by atoms with Crippen LogP contribution >= 0.6 is 0 Å². The summed E-state index contributed by atoms with van der Waals surface area (Å²) in [5.74, 6) is -2.38. The number of carbonyl (C=O) groups excluding carboxylic acids is 3. The van der Waals surface area contributed by atoms with E-state index in [0.717, 1.165) is 0 Å². The normalized spacial score (nSPS) is 39.3. The summed E-state index contributed by atoms with van der Waals surface area (Å²) in [5, 5.41) is 9.65. The van der Waals surface area contributed by atoms with Gasteiger partial charge in [0.2, 0.25) is 0 Å². The van der Waals surface area contributed by atoms with E-state index in [4.69, 9.17) is 14.2 Å². The maximum atomic E-state index is 12.5. The number of fused-ring (bicyclic) bond motifs is 2. The third kappa shape index (κ3) is 3.71. The zero-order valence-electron chi connectivity index (χ0n) is 15.9. The average Bonchev–Trinajstić information content (AvgIpc) is 3.15. The summed E-state index contributed by atoms with van der Waals surface area (Å²) >= 11 is 0. The minimum atomic E-state index is -0.672. The number of aliphatic hydroxyl groups excluding tert-OH is 1. The maximum absolute atomic E-state index is 12.5. The van der Waals surface area contributed by atoms with E-state index in [2.05, 4.69) is 6.58 Å². The summed E-state index contributed by atoms with van der Waals surface area (Å²) in [4.78, 5) is 37.0. The number of allylic oxidation sites excluding steroid dienone is 1. The Morgan fingerprint density at radius 3 is 2.78 bits per heavy atom. The minimum absolute atomic E-state index is 0.112. The van der Waals surface area contributed by atoms with Gasteiger partial charge in [0.25, 0.3) is 0 Å². The van der Waals surface area contributed by atoms with Gasteiger partial charge in [-0.15, -0.1) is 0 Å². The average molecular weight is 378 g/mol. The topological polar surface area (TPSA) is 102 Å². The minimum Gasteiger partial charge on any atom is -0.458 e. The first-order chi connectivity index (χ1) is 12.7. The van der Waals surface area contributed by atoms with E-state index >= 15 is 0 Å². The highest BCUT2D eigenvalue weighted by Crippen LogP contribution is 2.48. The van der Waals surface area contributed by atoms with Crippen molar-refractivity contribution in [1.82, 2.24) is 0 Å². The smallest absolute Gasteiger partial charge is 0.334 e. The molecule has 1 aliphatic carbocycles. The fourth-order valence-electron chi connectivity index (χ4n) is 3.96. The Morgan fingerprint density at radius 1 is 1.44 bits per heavy atom. The zero-order valence-corrected chi connectivity index (χ0v) is 15.9. The van der Waals surface area contributed by atoms with Crippen LogP contribution in [0.15, 0.2) is 23.8 Å². The van der Waals surface area contributed by atoms with Crippen LogP contribution in [0.2, 0.25) is 0 Å². The van der Waals surface area contributed by atoms with Crippen LogP contribution in [0.3, 0.4) is 0 Å². The first-order valence-electron chi connectivity index (χ1n) is 9.25. The van der Waals surface area contributed by atoms with Gasteiger partial charge >= 0.3 is 11.9 Å². The molecule has 2 saturated heterocycles. The molecule has 3 fully saturated rings. The number of Topliss-reactive ketones (excluding diaryl/α,β-unsaturated/α-hetero) is 1. The van der Waals surface area contributed by atoms with Crippen LogP contribution in [0, 0.1) is 11.8 Å². The van der Waals surface area contributed by atoms with E-state index < -0.39 is 41.6 Å². The van der Waals surface area contributed by atoms with Gasteiger partial charge in [-0.1, -0.05) is 12.7 Å². The Kier molecular flexibility index (Phi) is 5.27. The van der Waals surface area contributed by atoms with Gasteiger partial charge in [0, 0.05) is 29.9 Å². The van der Waals surface area contributed by atoms with Crippen molar-refractivity contribution >= 4 is 17.7 Å². The van der Waals surface area contributed by atoms with Gasteiger partial charge in [0.05, 0.1) is 24.2 Å². The standard InChI is InChI=1S/C20H26O7/c1-5-10(2)18(23)26-15-8-20(4)16(27-20)7-13(22)12(9-21)6-14-17(15)11(3)19(24)25-14/h5,12,14-17,21H,3,6-9H2,1-2,4H3/b10-5-/t12-,14+,15+,16+,17-,20+/m1/s1. The summed E-state index contributed by atoms with van der Waals surface area (Å²) in [5.41, 5.74) is 0.0564. The molecule has 0 unspecified atom stereocenters. The molecule has 0 aromatic rings. The number of carbonyl (C=O) groups is 3. The first kappa shape index (κ1) is 19.8. The molecule has 27 heavy (non-hydrogen) atoms. The van der Waals surface area contributed by atoms with Crippen molar-refractivity contribution in [3.05, 3.63) is 23.8 Å². The molecule has 0 aromatic heterocycles. The van der Waals surface area contributed by atoms with Gasteiger partial charge in [-0.2, -0.15) is 0 Å². The summed E-state index contributed by atoms with van der Waals surface area (Å²) in [6, 6.07) is 0. The number of hydrogen-bond acceptors (Lipinski definition) is 7. The number of aliphatic hydroxyl groups is 1. The molecule has 2 heterocycles. The number of epoxide rings is 1. The molecule has 3 rings (SSSR count). The van der Waals surface area contributed by atoms with Crippen molar-refractivity contribution in [2.75, 3.05) is 6.61 Å². The number of hydrogen-bond donors (Lipinski definition) is 1. The van der Waals surface area contributed by atoms with E-state index in [0.29, 0.717) is 12.0 Å². The van der Waals surface area contributed by atoms with Gasteiger partial charge in [0.15, 0.2) is 0 Å². The number of ether oxygens (including phenoxy) is 3. The summed E-state index contributed by atoms with van der Waals surface area (Å²) < 4.78 is 16.9. The molecule has 0 aromatic carbocycles. The highest BCUT2D eigenvalue weighted by Gasteiger charge is 2.58. The number of rotatable bonds is 3. The molecular weight excluding hydrogens is 352 g/mol. The van der Waals surface area contributed by atoms with Gasteiger partial charge in [-0.05, 0) is 27.2 Å². The third-order valence-electron chi connectivity index (χ3n) is 5.96. The second-order valence-electron chi connectivity index (χ2n) is 7.82. The Morgan fingerprint density at radius 2 is 2.15 bits per heavy atom. The molecule has 0 bridgehead atoms. The summed E-state index contributed by atoms with van der Waals surface area (Å²) in [6.45, 7) is 8.75. The molecule has 1 saturated carbocycles. The Hall–Kier alpha value is -1.99. The quantitative estimate of drug-likeness (QED) is 0.451. The first-order valence-corrected chi connectivity index (χ1v) is 9.25. The maximum Gasteiger partial charge on any atom is 0.334 e. The SMILES string of the molecule is C=C1C(=O)O[C@H]2C[C@H](CO)C(=O)C[C@@H]3O[C@@]3(C)C[C@H](OC(=O)/C(C)=C\C)[C@H]12. The van der Waals surface area contributed by atoms with E-state index in [-0.39, 0.29) is 36.9 Å². The molecule has 148 valence electrons. The van der Waals surface area contributed by atoms with E-state index in [1.54, 1.807) is 19.9 Å². The molecule has 7 nitrogen and oxygen atoms in total. The second kappa shape index (κ2) is 7.20. The van der Waals surface area contributed by atoms with Crippen LogP contribution < -0.4 is 0 Å². The number of ketones is 1. The van der Waals surface area contributed by atoms with Crippen LogP contribution in [-0.2, 0) is 28.6 Å². The van der Waals surface area contributed by atoms with E-state index in [1.807, 2.05) is 6.92 Å². The summed E-state index contributed by atoms with van der Waals surface area (Å²) in [7, 11) is 0. The van der Waals surface area contributed by atoms with Crippen molar-refractivity contribution in [3.8, 4) is 0 Å². The Labute approximate surface area is 158 Å². The van der Waals surface area contributed by atoms with Crippen LogP contribution in [0.1, 0.15) is 40.0 Å². The lowest BCUT2D eigenvalue weighted by atomic mass is 9.79. The predicted octanol–water partition coefficient (Wildman–Crippen LogP) is 1.48. The van der Waals surface area contributed by atoms with Crippen molar-refractivity contribution < 1.29 is 33.7 Å². The monoisotopic (exact) mass is 378 g/mol. The molecule has 0 radical (unpaired) electrons. The molecule has 3 aliphatic rings. The largest absolute Gasteiger partial charge is 0.458 e. The van der Waals surface area contributed by atoms with Crippen molar-refractivity contribution in [2.45, 2.75) is 63.9 Å². The second-order valence-corrected chi connectivity index (χ2v) is 7.82. The van der Waals surface area contributed by atoms with Crippen LogP contribution in [0.25, 0.3) is 0 Å². The predicted molar refractivity (Wildman–Crippen MR) is 94.5 cm³/mol. The highest BCUT2D eigenvalue weighted by molar-refractivity contribution is 5.92. The van der Waals surface area contributed by atoms with Crippen LogP contribution in [-0.4, -0.2) is 53.3 Å². The molecule has 0 spiro atoms. The lowest BCUT2D eigenvalue weighted by Gasteiger charge is -2.30. The molecular formula is C20H26O7. The van der Waals surface area contributed by atoms with Gasteiger partial charge in [0.1, 0.15) is 18.0 Å². The van der Waals surface area contributed by atoms with Crippen molar-refractivity contribution in [1.29, 1.82) is 0 Å². The number of esters is 2. The van der Waals surface area contributed by atoms with E-state index in [1.165, 1.54) is 0 Å². The van der Waals surface area contributed by atoms with Gasteiger partial charge in [-0.3, -0.25) is 4.79 Å². The third-order valence-corrected chi connectivity index (χ3v) is 5.96. The Balaban J connectivity index is 1.94. The van der Waals surface area contributed by atoms with Gasteiger partial charge < -0.3 is 19.3 Å². The summed E-state index contributed by atoms with van der Waals surface area (Å²) in [6.07, 6.45) is 0.726. The lowest BCUT2D eigenvalue weighted by Crippen LogP contribution is -2.40. The highest BCUT2D eigenvalue weighted by atomic mass is 16.6. The van der Waals surface area contributed by atoms with Crippen molar-refractivity contribution in [2.24, 2.45) is 11.8 Å². The fourth-order valence-corrected chi connectivity index (χ4v) is 3.96. The fraction of sp³-hybridized carbons (Fsp3) is 0.650. The van der Waals surface area contributed by atoms with Gasteiger partial charge in [-0.25, -0.2) is 9.59 Å². The molecule has 7 heteroatoms. The molecule has 6 atom stereocenters. The Bertz CT molecular complexity index is 709. The lowest BCUT2D eigenvalue weighted by molar-refractivity contribution is -0.150. The van der Waals surface area contributed by atoms with Crippen molar-refractivity contribution in [3.63, 3.8) is 0 Å². The van der Waals surface area contributed by atoms with E-state index in [9.17, 15) is 19.5 Å². The van der Waals surface area contributed by atoms with Crippen LogP contribution in [0.4, 0.5) is 0 Å².